The van der Waals surface area contributed by atoms with Crippen molar-refractivity contribution in [3.05, 3.63) is 24.3 Å². The summed E-state index contributed by atoms with van der Waals surface area (Å²) in [4.78, 5) is 10.9. The number of ketones is 1. The third-order valence-electron chi connectivity index (χ3n) is 2.96. The molecule has 0 unspecified atom stereocenters. The van der Waals surface area contributed by atoms with Gasteiger partial charge in [-0.15, -0.1) is 0 Å². The Bertz CT molecular complexity index is 320. The fraction of sp³-hybridized carbons (Fsp3) is 0.667. The molecule has 0 aliphatic carbocycles. The zero-order valence-corrected chi connectivity index (χ0v) is 11.5. The molecule has 0 bridgehead atoms. The van der Waals surface area contributed by atoms with Gasteiger partial charge in [-0.3, -0.25) is 4.79 Å². The lowest BCUT2D eigenvalue weighted by Gasteiger charge is -2.21. The van der Waals surface area contributed by atoms with Gasteiger partial charge >= 0.3 is 0 Å². The maximum atomic E-state index is 10.9. The Morgan fingerprint density at radius 1 is 1.53 bits per heavy atom. The van der Waals surface area contributed by atoms with E-state index in [0.29, 0.717) is 5.41 Å². The van der Waals surface area contributed by atoms with Gasteiger partial charge in [0, 0.05) is 6.42 Å². The SMILES string of the molecule is C=C1C[C@H](C=CC(C)=O)O[C@H]1CCC(C)(C)C. The van der Waals surface area contributed by atoms with Crippen molar-refractivity contribution in [2.45, 2.75) is 59.2 Å². The van der Waals surface area contributed by atoms with Crippen LogP contribution in [0.5, 0.6) is 0 Å². The second-order valence-corrected chi connectivity index (χ2v) is 6.09. The first-order valence-electron chi connectivity index (χ1n) is 6.30. The van der Waals surface area contributed by atoms with Crippen molar-refractivity contribution in [2.75, 3.05) is 0 Å². The van der Waals surface area contributed by atoms with Gasteiger partial charge in [0.05, 0.1) is 12.2 Å². The van der Waals surface area contributed by atoms with Gasteiger partial charge in [-0.25, -0.2) is 0 Å². The number of carbonyl (C=O) groups excluding carboxylic acids is 1. The molecule has 0 amide bonds. The Morgan fingerprint density at radius 2 is 2.18 bits per heavy atom. The van der Waals surface area contributed by atoms with Gasteiger partial charge in [-0.05, 0) is 36.8 Å². The number of hydrogen-bond acceptors (Lipinski definition) is 2. The van der Waals surface area contributed by atoms with Crippen molar-refractivity contribution >= 4 is 5.78 Å². The predicted octanol–water partition coefficient (Wildman–Crippen LogP) is 3.67. The van der Waals surface area contributed by atoms with Gasteiger partial charge in [0.2, 0.25) is 0 Å². The summed E-state index contributed by atoms with van der Waals surface area (Å²) < 4.78 is 5.88. The van der Waals surface area contributed by atoms with Crippen molar-refractivity contribution in [1.82, 2.24) is 0 Å². The van der Waals surface area contributed by atoms with Crippen LogP contribution in [0.15, 0.2) is 24.3 Å². The summed E-state index contributed by atoms with van der Waals surface area (Å²) in [6.45, 7) is 12.3. The highest BCUT2D eigenvalue weighted by Gasteiger charge is 2.28. The number of hydrogen-bond donors (Lipinski definition) is 0. The van der Waals surface area contributed by atoms with Gasteiger partial charge in [-0.2, -0.15) is 0 Å². The first-order valence-corrected chi connectivity index (χ1v) is 6.30. The first kappa shape index (κ1) is 14.2. The molecule has 0 aromatic heterocycles. The molecule has 1 saturated heterocycles. The van der Waals surface area contributed by atoms with Crippen LogP contribution in [-0.2, 0) is 9.53 Å². The average molecular weight is 236 g/mol. The minimum atomic E-state index is 0.0383. The maximum absolute atomic E-state index is 10.9. The van der Waals surface area contributed by atoms with E-state index < -0.39 is 0 Å². The smallest absolute Gasteiger partial charge is 0.152 e. The van der Waals surface area contributed by atoms with Crippen LogP contribution in [-0.4, -0.2) is 18.0 Å². The Kier molecular flexibility index (Phi) is 4.70. The predicted molar refractivity (Wildman–Crippen MR) is 70.9 cm³/mol. The molecular formula is C15H24O2. The molecule has 0 spiro atoms. The summed E-state index contributed by atoms with van der Waals surface area (Å²) in [5.74, 6) is 0.0670. The van der Waals surface area contributed by atoms with Crippen molar-refractivity contribution < 1.29 is 9.53 Å². The Hall–Kier alpha value is -0.890. The fourth-order valence-corrected chi connectivity index (χ4v) is 1.94. The molecule has 2 nitrogen and oxygen atoms in total. The molecule has 1 heterocycles. The van der Waals surface area contributed by atoms with Crippen molar-refractivity contribution in [3.63, 3.8) is 0 Å². The molecule has 2 atom stereocenters. The molecule has 2 heteroatoms. The third-order valence-corrected chi connectivity index (χ3v) is 2.96. The van der Waals surface area contributed by atoms with E-state index in [1.165, 1.54) is 0 Å². The Balaban J connectivity index is 2.45. The molecule has 0 aromatic rings. The Labute approximate surface area is 105 Å². The number of rotatable bonds is 4. The summed E-state index contributed by atoms with van der Waals surface area (Å²) in [7, 11) is 0. The van der Waals surface area contributed by atoms with E-state index in [9.17, 15) is 4.79 Å². The number of allylic oxidation sites excluding steroid dienone is 1. The monoisotopic (exact) mass is 236 g/mol. The van der Waals surface area contributed by atoms with Crippen LogP contribution in [0.3, 0.4) is 0 Å². The summed E-state index contributed by atoms with van der Waals surface area (Å²) in [6, 6.07) is 0. The minimum absolute atomic E-state index is 0.0383. The first-order chi connectivity index (χ1) is 7.78. The van der Waals surface area contributed by atoms with Crippen molar-refractivity contribution in [3.8, 4) is 0 Å². The van der Waals surface area contributed by atoms with E-state index in [1.807, 2.05) is 6.08 Å². The molecule has 1 fully saturated rings. The van der Waals surface area contributed by atoms with E-state index in [2.05, 4.69) is 27.4 Å². The summed E-state index contributed by atoms with van der Waals surface area (Å²) >= 11 is 0. The molecule has 96 valence electrons. The van der Waals surface area contributed by atoms with Gasteiger partial charge in [0.25, 0.3) is 0 Å². The lowest BCUT2D eigenvalue weighted by atomic mass is 9.88. The van der Waals surface area contributed by atoms with Crippen molar-refractivity contribution in [1.29, 1.82) is 0 Å². The second-order valence-electron chi connectivity index (χ2n) is 6.09. The number of ether oxygens (including phenoxy) is 1. The van der Waals surface area contributed by atoms with Crippen molar-refractivity contribution in [2.24, 2.45) is 5.41 Å². The molecule has 0 N–H and O–H groups in total. The standard InChI is InChI=1S/C15H24O2/c1-11-10-13(7-6-12(2)16)17-14(11)8-9-15(3,4)5/h6-7,13-14H,1,8-10H2,2-5H3/t13-,14-/m0/s1. The van der Waals surface area contributed by atoms with E-state index in [-0.39, 0.29) is 18.0 Å². The van der Waals surface area contributed by atoms with Crippen LogP contribution in [0.4, 0.5) is 0 Å². The van der Waals surface area contributed by atoms with E-state index >= 15 is 0 Å². The molecular weight excluding hydrogens is 212 g/mol. The molecule has 17 heavy (non-hydrogen) atoms. The molecule has 0 saturated carbocycles. The fourth-order valence-electron chi connectivity index (χ4n) is 1.94. The van der Waals surface area contributed by atoms with Crippen LogP contribution < -0.4 is 0 Å². The van der Waals surface area contributed by atoms with E-state index in [4.69, 9.17) is 4.74 Å². The summed E-state index contributed by atoms with van der Waals surface area (Å²) in [5, 5.41) is 0. The van der Waals surface area contributed by atoms with Crippen LogP contribution in [0, 0.1) is 5.41 Å². The van der Waals surface area contributed by atoms with Gasteiger partial charge in [-0.1, -0.05) is 33.4 Å². The average Bonchev–Trinajstić information content (AvgIpc) is 2.52. The summed E-state index contributed by atoms with van der Waals surface area (Å²) in [6.07, 6.45) is 6.63. The topological polar surface area (TPSA) is 26.3 Å². The van der Waals surface area contributed by atoms with Crippen LogP contribution >= 0.6 is 0 Å². The van der Waals surface area contributed by atoms with Gasteiger partial charge in [0.1, 0.15) is 0 Å². The normalized spacial score (nSPS) is 25.8. The zero-order valence-electron chi connectivity index (χ0n) is 11.5. The maximum Gasteiger partial charge on any atom is 0.152 e. The molecule has 1 aliphatic heterocycles. The zero-order chi connectivity index (χ0) is 13.1. The minimum Gasteiger partial charge on any atom is -0.366 e. The van der Waals surface area contributed by atoms with Crippen LogP contribution in [0.25, 0.3) is 0 Å². The third kappa shape index (κ3) is 5.31. The van der Waals surface area contributed by atoms with Gasteiger partial charge < -0.3 is 4.74 Å². The Morgan fingerprint density at radius 3 is 2.71 bits per heavy atom. The van der Waals surface area contributed by atoms with E-state index in [1.54, 1.807) is 13.0 Å². The van der Waals surface area contributed by atoms with Gasteiger partial charge in [0.15, 0.2) is 5.78 Å². The van der Waals surface area contributed by atoms with Crippen LogP contribution in [0.2, 0.25) is 0 Å². The highest BCUT2D eigenvalue weighted by atomic mass is 16.5. The van der Waals surface area contributed by atoms with Crippen LogP contribution in [0.1, 0.15) is 47.0 Å². The number of carbonyl (C=O) groups is 1. The molecule has 1 rings (SSSR count). The molecule has 0 aromatic carbocycles. The lowest BCUT2D eigenvalue weighted by Crippen LogP contribution is -2.14. The largest absolute Gasteiger partial charge is 0.366 e. The second kappa shape index (κ2) is 5.63. The lowest BCUT2D eigenvalue weighted by molar-refractivity contribution is -0.112. The molecule has 1 aliphatic rings. The molecule has 0 radical (unpaired) electrons. The summed E-state index contributed by atoms with van der Waals surface area (Å²) in [5.41, 5.74) is 1.49. The highest BCUT2D eigenvalue weighted by molar-refractivity contribution is 5.87. The highest BCUT2D eigenvalue weighted by Crippen LogP contribution is 2.31. The quantitative estimate of drug-likeness (QED) is 0.550. The van der Waals surface area contributed by atoms with E-state index in [0.717, 1.165) is 24.8 Å².